The topological polar surface area (TPSA) is 41.6 Å². The first-order chi connectivity index (χ1) is 6.48. The van der Waals surface area contributed by atoms with Gasteiger partial charge < -0.3 is 0 Å². The Morgan fingerprint density at radius 2 is 2.07 bits per heavy atom. The van der Waals surface area contributed by atoms with Crippen LogP contribution in [0.4, 0.5) is 13.2 Å². The van der Waals surface area contributed by atoms with E-state index < -0.39 is 11.9 Å². The molecule has 2 aromatic heterocycles. The Labute approximate surface area is 77.0 Å². The van der Waals surface area contributed by atoms with E-state index in [9.17, 15) is 13.2 Å². The molecule has 0 unspecified atom stereocenters. The number of halogens is 3. The van der Waals surface area contributed by atoms with Gasteiger partial charge in [-0.1, -0.05) is 0 Å². The molecule has 0 atom stereocenters. The third kappa shape index (κ3) is 1.32. The zero-order valence-corrected chi connectivity index (χ0v) is 7.18. The summed E-state index contributed by atoms with van der Waals surface area (Å²) in [6.45, 7) is 1.59. The van der Waals surface area contributed by atoms with Crippen LogP contribution in [0.1, 0.15) is 11.3 Å². The molecule has 0 spiro atoms. The molecule has 14 heavy (non-hydrogen) atoms. The lowest BCUT2D eigenvalue weighted by atomic mass is 10.2. The minimum absolute atomic E-state index is 0.164. The van der Waals surface area contributed by atoms with Crippen LogP contribution < -0.4 is 0 Å². The van der Waals surface area contributed by atoms with Crippen LogP contribution in [0.25, 0.3) is 11.0 Å². The van der Waals surface area contributed by atoms with Crippen LogP contribution in [0, 0.1) is 6.92 Å². The second kappa shape index (κ2) is 2.70. The minimum atomic E-state index is -4.41. The van der Waals surface area contributed by atoms with Crippen molar-refractivity contribution in [1.82, 2.24) is 15.2 Å². The fourth-order valence-electron chi connectivity index (χ4n) is 1.23. The summed E-state index contributed by atoms with van der Waals surface area (Å²) in [7, 11) is 0. The van der Waals surface area contributed by atoms with Crippen LogP contribution in [0.5, 0.6) is 0 Å². The highest BCUT2D eigenvalue weighted by Crippen LogP contribution is 2.29. The van der Waals surface area contributed by atoms with Crippen LogP contribution >= 0.6 is 0 Å². The second-order valence-electron chi connectivity index (χ2n) is 2.95. The lowest BCUT2D eigenvalue weighted by molar-refractivity contribution is -0.141. The summed E-state index contributed by atoms with van der Waals surface area (Å²) >= 11 is 0. The third-order valence-corrected chi connectivity index (χ3v) is 1.92. The first-order valence-electron chi connectivity index (χ1n) is 3.86. The monoisotopic (exact) mass is 201 g/mol. The predicted octanol–water partition coefficient (Wildman–Crippen LogP) is 2.29. The van der Waals surface area contributed by atoms with Gasteiger partial charge in [-0.05, 0) is 18.6 Å². The van der Waals surface area contributed by atoms with E-state index in [0.29, 0.717) is 10.9 Å². The van der Waals surface area contributed by atoms with E-state index >= 15 is 0 Å². The Hall–Kier alpha value is -1.59. The molecule has 0 amide bonds. The Balaban J connectivity index is 2.70. The van der Waals surface area contributed by atoms with Crippen molar-refractivity contribution in [3.8, 4) is 0 Å². The standard InChI is InChI=1S/C8H6F3N3/c1-4-2-6(8(9,10)11)13-7-5(4)3-12-14-7/h2-3H,1H3,(H,12,13,14). The van der Waals surface area contributed by atoms with Crippen molar-refractivity contribution in [3.63, 3.8) is 0 Å². The molecule has 0 fully saturated rings. The molecule has 3 nitrogen and oxygen atoms in total. The Kier molecular flexibility index (Phi) is 1.73. The SMILES string of the molecule is Cc1cc(C(F)(F)F)nc2[nH]ncc12. The highest BCUT2D eigenvalue weighted by atomic mass is 19.4. The zero-order chi connectivity index (χ0) is 10.3. The van der Waals surface area contributed by atoms with Crippen LogP contribution in [0.15, 0.2) is 12.3 Å². The molecule has 0 aromatic carbocycles. The van der Waals surface area contributed by atoms with E-state index in [1.54, 1.807) is 6.92 Å². The number of alkyl halides is 3. The molecule has 0 aliphatic rings. The van der Waals surface area contributed by atoms with Gasteiger partial charge in [0.15, 0.2) is 5.65 Å². The first kappa shape index (κ1) is 8.98. The van der Waals surface area contributed by atoms with Gasteiger partial charge in [0.1, 0.15) is 5.69 Å². The number of rotatable bonds is 0. The highest BCUT2D eigenvalue weighted by Gasteiger charge is 2.33. The molecule has 0 radical (unpaired) electrons. The molecule has 0 saturated heterocycles. The van der Waals surface area contributed by atoms with Gasteiger partial charge in [-0.15, -0.1) is 0 Å². The number of nitrogens with one attached hydrogen (secondary N) is 1. The number of fused-ring (bicyclic) bond motifs is 1. The average Bonchev–Trinajstić information content (AvgIpc) is 2.50. The van der Waals surface area contributed by atoms with Crippen molar-refractivity contribution in [2.45, 2.75) is 13.1 Å². The van der Waals surface area contributed by atoms with Gasteiger partial charge in [0.05, 0.1) is 6.20 Å². The Morgan fingerprint density at radius 3 is 2.71 bits per heavy atom. The number of nitrogens with zero attached hydrogens (tertiary/aromatic N) is 2. The molecule has 0 saturated carbocycles. The van der Waals surface area contributed by atoms with Gasteiger partial charge in [-0.2, -0.15) is 18.3 Å². The van der Waals surface area contributed by atoms with E-state index in [-0.39, 0.29) is 5.65 Å². The summed E-state index contributed by atoms with van der Waals surface area (Å²) in [6.07, 6.45) is -2.96. The summed E-state index contributed by atoms with van der Waals surface area (Å²) in [4.78, 5) is 3.42. The summed E-state index contributed by atoms with van der Waals surface area (Å²) in [5, 5.41) is 6.65. The maximum Gasteiger partial charge on any atom is 0.433 e. The number of hydrogen-bond acceptors (Lipinski definition) is 2. The molecule has 2 aromatic rings. The van der Waals surface area contributed by atoms with Crippen molar-refractivity contribution in [1.29, 1.82) is 0 Å². The molecule has 0 aliphatic heterocycles. The van der Waals surface area contributed by atoms with E-state index in [1.165, 1.54) is 6.20 Å². The zero-order valence-electron chi connectivity index (χ0n) is 7.18. The van der Waals surface area contributed by atoms with Crippen LogP contribution in [-0.2, 0) is 6.18 Å². The highest BCUT2D eigenvalue weighted by molar-refractivity contribution is 5.77. The van der Waals surface area contributed by atoms with E-state index in [4.69, 9.17) is 0 Å². The maximum absolute atomic E-state index is 12.3. The molecule has 0 bridgehead atoms. The number of aromatic amines is 1. The summed E-state index contributed by atoms with van der Waals surface area (Å²) in [5.41, 5.74) is -0.222. The Bertz CT molecular complexity index is 472. The fraction of sp³-hybridized carbons (Fsp3) is 0.250. The maximum atomic E-state index is 12.3. The van der Waals surface area contributed by atoms with Crippen molar-refractivity contribution < 1.29 is 13.2 Å². The average molecular weight is 201 g/mol. The lowest BCUT2D eigenvalue weighted by Crippen LogP contribution is -2.08. The minimum Gasteiger partial charge on any atom is -0.261 e. The van der Waals surface area contributed by atoms with Crippen LogP contribution in [0.3, 0.4) is 0 Å². The van der Waals surface area contributed by atoms with Crippen molar-refractivity contribution in [2.75, 3.05) is 0 Å². The van der Waals surface area contributed by atoms with Gasteiger partial charge in [0.2, 0.25) is 0 Å². The van der Waals surface area contributed by atoms with Gasteiger partial charge in [0, 0.05) is 5.39 Å². The van der Waals surface area contributed by atoms with Gasteiger partial charge >= 0.3 is 6.18 Å². The predicted molar refractivity (Wildman–Crippen MR) is 43.6 cm³/mol. The molecule has 74 valence electrons. The summed E-state index contributed by atoms with van der Waals surface area (Å²) in [5.74, 6) is 0. The second-order valence-corrected chi connectivity index (χ2v) is 2.95. The van der Waals surface area contributed by atoms with Crippen LogP contribution in [0.2, 0.25) is 0 Å². The smallest absolute Gasteiger partial charge is 0.261 e. The van der Waals surface area contributed by atoms with Crippen molar-refractivity contribution >= 4 is 11.0 Å². The lowest BCUT2D eigenvalue weighted by Gasteiger charge is -2.06. The first-order valence-corrected chi connectivity index (χ1v) is 3.86. The largest absolute Gasteiger partial charge is 0.433 e. The number of aryl methyl sites for hydroxylation is 1. The fourth-order valence-corrected chi connectivity index (χ4v) is 1.23. The number of pyridine rings is 1. The molecular formula is C8H6F3N3. The van der Waals surface area contributed by atoms with Gasteiger partial charge in [0.25, 0.3) is 0 Å². The van der Waals surface area contributed by atoms with E-state index in [1.807, 2.05) is 0 Å². The van der Waals surface area contributed by atoms with E-state index in [2.05, 4.69) is 15.2 Å². The van der Waals surface area contributed by atoms with Gasteiger partial charge in [-0.25, -0.2) is 4.98 Å². The molecule has 0 aliphatic carbocycles. The van der Waals surface area contributed by atoms with Crippen molar-refractivity contribution in [3.05, 3.63) is 23.5 Å². The number of hydrogen-bond donors (Lipinski definition) is 1. The van der Waals surface area contributed by atoms with E-state index in [0.717, 1.165) is 6.07 Å². The number of aromatic nitrogens is 3. The third-order valence-electron chi connectivity index (χ3n) is 1.92. The molecule has 1 N–H and O–H groups in total. The molecule has 2 rings (SSSR count). The van der Waals surface area contributed by atoms with Crippen LogP contribution in [-0.4, -0.2) is 15.2 Å². The normalized spacial score (nSPS) is 12.3. The summed E-state index contributed by atoms with van der Waals surface area (Å²) in [6, 6.07) is 1.01. The van der Waals surface area contributed by atoms with Gasteiger partial charge in [-0.3, -0.25) is 5.10 Å². The molecule has 2 heterocycles. The Morgan fingerprint density at radius 1 is 1.36 bits per heavy atom. The van der Waals surface area contributed by atoms with Crippen molar-refractivity contribution in [2.24, 2.45) is 0 Å². The molecular weight excluding hydrogens is 195 g/mol. The summed E-state index contributed by atoms with van der Waals surface area (Å²) < 4.78 is 36.9. The number of H-pyrrole nitrogens is 1. The quantitative estimate of drug-likeness (QED) is 0.710. The molecule has 6 heteroatoms.